The highest BCUT2D eigenvalue weighted by Gasteiger charge is 2.17. The second kappa shape index (κ2) is 6.28. The van der Waals surface area contributed by atoms with E-state index < -0.39 is 0 Å². The van der Waals surface area contributed by atoms with Crippen molar-refractivity contribution in [3.63, 3.8) is 0 Å². The molecule has 2 aliphatic rings. The maximum atomic E-state index is 12.3. The molecule has 0 fully saturated rings. The van der Waals surface area contributed by atoms with Gasteiger partial charge in [0.1, 0.15) is 0 Å². The third-order valence-electron chi connectivity index (χ3n) is 4.34. The molecule has 24 heavy (non-hydrogen) atoms. The van der Waals surface area contributed by atoms with Crippen molar-refractivity contribution in [1.82, 2.24) is 5.43 Å². The molecule has 1 N–H and O–H groups in total. The highest BCUT2D eigenvalue weighted by molar-refractivity contribution is 7.14. The van der Waals surface area contributed by atoms with Gasteiger partial charge in [0, 0.05) is 10.4 Å². The number of carbonyl (C=O) groups excluding carboxylic acids is 1. The monoisotopic (exact) mass is 342 g/mol. The first-order valence-corrected chi connectivity index (χ1v) is 8.88. The van der Waals surface area contributed by atoms with Crippen LogP contribution in [0.2, 0.25) is 0 Å². The summed E-state index contributed by atoms with van der Waals surface area (Å²) in [5.74, 6) is 1.30. The Morgan fingerprint density at radius 3 is 2.88 bits per heavy atom. The Kier molecular flexibility index (Phi) is 3.98. The van der Waals surface area contributed by atoms with Gasteiger partial charge in [-0.15, -0.1) is 11.3 Å². The molecule has 0 spiro atoms. The van der Waals surface area contributed by atoms with Crippen LogP contribution in [0, 0.1) is 0 Å². The maximum absolute atomic E-state index is 12.3. The van der Waals surface area contributed by atoms with Gasteiger partial charge in [0.05, 0.1) is 10.6 Å². The molecule has 5 nitrogen and oxygen atoms in total. The molecule has 0 bridgehead atoms. The highest BCUT2D eigenvalue weighted by Crippen LogP contribution is 2.32. The Morgan fingerprint density at radius 2 is 2.00 bits per heavy atom. The molecule has 0 unspecified atom stereocenters. The molecule has 1 aliphatic heterocycles. The molecule has 0 atom stereocenters. The second-order valence-corrected chi connectivity index (χ2v) is 7.11. The molecule has 1 aliphatic carbocycles. The van der Waals surface area contributed by atoms with E-state index in [2.05, 4.69) is 10.5 Å². The van der Waals surface area contributed by atoms with Crippen molar-refractivity contribution in [2.45, 2.75) is 32.6 Å². The van der Waals surface area contributed by atoms with Crippen molar-refractivity contribution in [1.29, 1.82) is 0 Å². The molecule has 1 aromatic heterocycles. The van der Waals surface area contributed by atoms with Crippen molar-refractivity contribution in [3.8, 4) is 11.5 Å². The maximum Gasteiger partial charge on any atom is 0.281 e. The normalized spacial score (nSPS) is 16.0. The molecule has 0 saturated carbocycles. The number of amides is 1. The molecule has 0 radical (unpaired) electrons. The molecule has 0 saturated heterocycles. The van der Waals surface area contributed by atoms with E-state index >= 15 is 0 Å². The summed E-state index contributed by atoms with van der Waals surface area (Å²) in [4.78, 5) is 14.4. The SMILES string of the molecule is CC(=NNC(=O)c1cc2c(s1)CCCC2)c1ccc2c(c1)OCO2. The first kappa shape index (κ1) is 15.2. The summed E-state index contributed by atoms with van der Waals surface area (Å²) in [5.41, 5.74) is 5.61. The average Bonchev–Trinajstić information content (AvgIpc) is 3.24. The van der Waals surface area contributed by atoms with E-state index in [1.807, 2.05) is 31.2 Å². The number of ether oxygens (including phenoxy) is 2. The van der Waals surface area contributed by atoms with E-state index in [1.165, 1.54) is 23.3 Å². The van der Waals surface area contributed by atoms with Crippen LogP contribution in [-0.2, 0) is 12.8 Å². The molecule has 2 aromatic rings. The van der Waals surface area contributed by atoms with E-state index in [1.54, 1.807) is 11.3 Å². The minimum absolute atomic E-state index is 0.144. The van der Waals surface area contributed by atoms with E-state index in [0.717, 1.165) is 34.7 Å². The molecule has 1 amide bonds. The van der Waals surface area contributed by atoms with Gasteiger partial charge in [0.25, 0.3) is 5.91 Å². The average molecular weight is 342 g/mol. The third kappa shape index (κ3) is 2.89. The van der Waals surface area contributed by atoms with E-state index in [4.69, 9.17) is 9.47 Å². The smallest absolute Gasteiger partial charge is 0.281 e. The van der Waals surface area contributed by atoms with Crippen LogP contribution in [0.3, 0.4) is 0 Å². The Bertz CT molecular complexity index is 802. The van der Waals surface area contributed by atoms with Gasteiger partial charge in [0.15, 0.2) is 11.5 Å². The number of hydrogen-bond acceptors (Lipinski definition) is 5. The highest BCUT2D eigenvalue weighted by atomic mass is 32.1. The van der Waals surface area contributed by atoms with E-state index in [-0.39, 0.29) is 12.7 Å². The lowest BCUT2D eigenvalue weighted by molar-refractivity contribution is 0.0959. The first-order chi connectivity index (χ1) is 11.7. The van der Waals surface area contributed by atoms with E-state index in [9.17, 15) is 4.79 Å². The zero-order valence-corrected chi connectivity index (χ0v) is 14.2. The number of fused-ring (bicyclic) bond motifs is 2. The van der Waals surface area contributed by atoms with Crippen LogP contribution in [0.4, 0.5) is 0 Å². The van der Waals surface area contributed by atoms with Gasteiger partial charge in [0.2, 0.25) is 6.79 Å². The lowest BCUT2D eigenvalue weighted by Crippen LogP contribution is -2.18. The van der Waals surface area contributed by atoms with Gasteiger partial charge >= 0.3 is 0 Å². The molecular weight excluding hydrogens is 324 g/mol. The second-order valence-electron chi connectivity index (χ2n) is 5.97. The molecule has 124 valence electrons. The van der Waals surface area contributed by atoms with Gasteiger partial charge < -0.3 is 9.47 Å². The Hall–Kier alpha value is -2.34. The zero-order chi connectivity index (χ0) is 16.5. The Morgan fingerprint density at radius 1 is 1.17 bits per heavy atom. The summed E-state index contributed by atoms with van der Waals surface area (Å²) in [6.07, 6.45) is 4.60. The summed E-state index contributed by atoms with van der Waals surface area (Å²) in [5, 5.41) is 4.23. The number of hydrazone groups is 1. The largest absolute Gasteiger partial charge is 0.454 e. The first-order valence-electron chi connectivity index (χ1n) is 8.07. The number of nitrogens with one attached hydrogen (secondary N) is 1. The topological polar surface area (TPSA) is 59.9 Å². The molecular formula is C18H18N2O3S. The van der Waals surface area contributed by atoms with Crippen molar-refractivity contribution in [3.05, 3.63) is 45.1 Å². The number of carbonyl (C=O) groups is 1. The standard InChI is InChI=1S/C18H18N2O3S/c1-11(12-6-7-14-15(8-12)23-10-22-14)19-20-18(21)17-9-13-4-2-3-5-16(13)24-17/h6-9H,2-5,10H2,1H3,(H,20,21). The molecule has 1 aromatic carbocycles. The summed E-state index contributed by atoms with van der Waals surface area (Å²) < 4.78 is 10.7. The lowest BCUT2D eigenvalue weighted by atomic mass is 9.99. The van der Waals surface area contributed by atoms with Crippen molar-refractivity contribution in [2.75, 3.05) is 6.79 Å². The number of benzene rings is 1. The van der Waals surface area contributed by atoms with Crippen LogP contribution < -0.4 is 14.9 Å². The fourth-order valence-electron chi connectivity index (χ4n) is 2.98. The summed E-state index contributed by atoms with van der Waals surface area (Å²) >= 11 is 1.59. The quantitative estimate of drug-likeness (QED) is 0.686. The van der Waals surface area contributed by atoms with Crippen LogP contribution in [-0.4, -0.2) is 18.4 Å². The van der Waals surface area contributed by atoms with Crippen LogP contribution in [0.15, 0.2) is 29.4 Å². The Balaban J connectivity index is 1.47. The summed E-state index contributed by atoms with van der Waals surface area (Å²) in [6.45, 7) is 2.10. The lowest BCUT2D eigenvalue weighted by Gasteiger charge is -2.08. The minimum atomic E-state index is -0.144. The fraction of sp³-hybridized carbons (Fsp3) is 0.333. The fourth-order valence-corrected chi connectivity index (χ4v) is 4.12. The van der Waals surface area contributed by atoms with Crippen LogP contribution >= 0.6 is 11.3 Å². The summed E-state index contributed by atoms with van der Waals surface area (Å²) in [6, 6.07) is 7.64. The number of hydrogen-bond donors (Lipinski definition) is 1. The van der Waals surface area contributed by atoms with Crippen LogP contribution in [0.5, 0.6) is 11.5 Å². The van der Waals surface area contributed by atoms with Gasteiger partial charge in [-0.05, 0) is 62.4 Å². The number of thiophene rings is 1. The van der Waals surface area contributed by atoms with Gasteiger partial charge in [-0.1, -0.05) is 0 Å². The van der Waals surface area contributed by atoms with Crippen molar-refractivity contribution in [2.24, 2.45) is 5.10 Å². The molecule has 6 heteroatoms. The molecule has 2 heterocycles. The third-order valence-corrected chi connectivity index (χ3v) is 5.57. The Labute approximate surface area is 144 Å². The zero-order valence-electron chi connectivity index (χ0n) is 13.4. The van der Waals surface area contributed by atoms with Gasteiger partial charge in [-0.2, -0.15) is 5.10 Å². The predicted octanol–water partition coefficient (Wildman–Crippen LogP) is 3.51. The van der Waals surface area contributed by atoms with E-state index in [0.29, 0.717) is 5.75 Å². The minimum Gasteiger partial charge on any atom is -0.454 e. The number of aryl methyl sites for hydroxylation is 2. The van der Waals surface area contributed by atoms with Crippen LogP contribution in [0.25, 0.3) is 0 Å². The van der Waals surface area contributed by atoms with Crippen molar-refractivity contribution < 1.29 is 14.3 Å². The van der Waals surface area contributed by atoms with Crippen molar-refractivity contribution >= 4 is 23.0 Å². The predicted molar refractivity (Wildman–Crippen MR) is 93.2 cm³/mol. The van der Waals surface area contributed by atoms with Gasteiger partial charge in [-0.25, -0.2) is 5.43 Å². The molecule has 4 rings (SSSR count). The number of nitrogens with zero attached hydrogens (tertiary/aromatic N) is 1. The summed E-state index contributed by atoms with van der Waals surface area (Å²) in [7, 11) is 0. The van der Waals surface area contributed by atoms with Crippen LogP contribution in [0.1, 0.15) is 45.4 Å². The van der Waals surface area contributed by atoms with Gasteiger partial charge in [-0.3, -0.25) is 4.79 Å². The number of rotatable bonds is 3.